The Kier molecular flexibility index (Phi) is 4.56. The minimum absolute atomic E-state index is 0.193. The van der Waals surface area contributed by atoms with Crippen LogP contribution in [0.5, 0.6) is 0 Å². The van der Waals surface area contributed by atoms with Gasteiger partial charge in [0.05, 0.1) is 12.7 Å². The van der Waals surface area contributed by atoms with Gasteiger partial charge in [0.15, 0.2) is 5.78 Å². The summed E-state index contributed by atoms with van der Waals surface area (Å²) in [5.41, 5.74) is 0.794. The van der Waals surface area contributed by atoms with Gasteiger partial charge in [-0.15, -0.1) is 0 Å². The summed E-state index contributed by atoms with van der Waals surface area (Å²) in [6.07, 6.45) is 4.63. The first-order valence-corrected chi connectivity index (χ1v) is 5.44. The molecule has 0 N–H and O–H groups in total. The number of rotatable bonds is 6. The number of hydrogen-bond acceptors (Lipinski definition) is 2. The first kappa shape index (κ1) is 12.0. The molecule has 1 aromatic heterocycles. The van der Waals surface area contributed by atoms with Gasteiger partial charge in [0.25, 0.3) is 0 Å². The van der Waals surface area contributed by atoms with Crippen LogP contribution < -0.4 is 0 Å². The van der Waals surface area contributed by atoms with E-state index in [1.807, 2.05) is 43.8 Å². The van der Waals surface area contributed by atoms with Crippen molar-refractivity contribution in [2.75, 3.05) is 6.61 Å². The van der Waals surface area contributed by atoms with Gasteiger partial charge in [0.2, 0.25) is 0 Å². The van der Waals surface area contributed by atoms with Crippen LogP contribution in [-0.4, -0.2) is 23.1 Å². The van der Waals surface area contributed by atoms with Crippen molar-refractivity contribution in [2.45, 2.75) is 39.8 Å². The van der Waals surface area contributed by atoms with E-state index in [0.717, 1.165) is 12.1 Å². The highest BCUT2D eigenvalue weighted by atomic mass is 16.5. The predicted molar refractivity (Wildman–Crippen MR) is 60.1 cm³/mol. The number of ketones is 1. The Morgan fingerprint density at radius 1 is 1.53 bits per heavy atom. The topological polar surface area (TPSA) is 31.2 Å². The number of hydrogen-bond donors (Lipinski definition) is 0. The van der Waals surface area contributed by atoms with Gasteiger partial charge in [-0.1, -0.05) is 6.92 Å². The third kappa shape index (κ3) is 3.88. The molecule has 0 unspecified atom stereocenters. The molecule has 1 rings (SSSR count). The standard InChI is InChI=1S/C12H19NO2/c1-4-12(14)11-5-6-13(9-11)7-8-15-10(2)3/h5-6,9-10H,4,7-8H2,1-3H3. The van der Waals surface area contributed by atoms with E-state index in [2.05, 4.69) is 0 Å². The molecule has 0 aliphatic rings. The zero-order chi connectivity index (χ0) is 11.3. The largest absolute Gasteiger partial charge is 0.377 e. The van der Waals surface area contributed by atoms with Gasteiger partial charge in [-0.05, 0) is 19.9 Å². The molecule has 1 aromatic rings. The molecule has 0 aliphatic heterocycles. The minimum Gasteiger partial charge on any atom is -0.377 e. The van der Waals surface area contributed by atoms with E-state index >= 15 is 0 Å². The first-order chi connectivity index (χ1) is 7.13. The van der Waals surface area contributed by atoms with Crippen molar-refractivity contribution in [2.24, 2.45) is 0 Å². The van der Waals surface area contributed by atoms with Crippen molar-refractivity contribution >= 4 is 5.78 Å². The van der Waals surface area contributed by atoms with Gasteiger partial charge in [-0.3, -0.25) is 4.79 Å². The quantitative estimate of drug-likeness (QED) is 0.674. The molecule has 0 saturated heterocycles. The van der Waals surface area contributed by atoms with Crippen molar-refractivity contribution in [1.82, 2.24) is 4.57 Å². The Labute approximate surface area is 91.0 Å². The number of carbonyl (C=O) groups is 1. The van der Waals surface area contributed by atoms with Crippen LogP contribution in [0.3, 0.4) is 0 Å². The van der Waals surface area contributed by atoms with E-state index in [1.165, 1.54) is 0 Å². The minimum atomic E-state index is 0.193. The van der Waals surface area contributed by atoms with E-state index < -0.39 is 0 Å². The molecule has 3 heteroatoms. The van der Waals surface area contributed by atoms with Gasteiger partial charge >= 0.3 is 0 Å². The van der Waals surface area contributed by atoms with E-state index in [9.17, 15) is 4.79 Å². The Bertz CT molecular complexity index is 315. The maximum atomic E-state index is 11.4. The highest BCUT2D eigenvalue weighted by Crippen LogP contribution is 2.04. The fraction of sp³-hybridized carbons (Fsp3) is 0.583. The smallest absolute Gasteiger partial charge is 0.164 e. The maximum absolute atomic E-state index is 11.4. The van der Waals surface area contributed by atoms with Gasteiger partial charge in [0.1, 0.15) is 0 Å². The van der Waals surface area contributed by atoms with Crippen molar-refractivity contribution in [3.63, 3.8) is 0 Å². The molecular formula is C12H19NO2. The highest BCUT2D eigenvalue weighted by molar-refractivity contribution is 5.95. The summed E-state index contributed by atoms with van der Waals surface area (Å²) in [4.78, 5) is 11.4. The second kappa shape index (κ2) is 5.71. The summed E-state index contributed by atoms with van der Waals surface area (Å²) in [5, 5.41) is 0. The Morgan fingerprint density at radius 2 is 2.27 bits per heavy atom. The molecule has 0 spiro atoms. The fourth-order valence-electron chi connectivity index (χ4n) is 1.34. The normalized spacial score (nSPS) is 10.9. The van der Waals surface area contributed by atoms with Gasteiger partial charge in [-0.25, -0.2) is 0 Å². The van der Waals surface area contributed by atoms with Crippen LogP contribution in [0.4, 0.5) is 0 Å². The third-order valence-electron chi connectivity index (χ3n) is 2.19. The van der Waals surface area contributed by atoms with E-state index in [1.54, 1.807) is 0 Å². The maximum Gasteiger partial charge on any atom is 0.164 e. The van der Waals surface area contributed by atoms with E-state index in [4.69, 9.17) is 4.74 Å². The summed E-state index contributed by atoms with van der Waals surface area (Å²) >= 11 is 0. The molecule has 0 fully saturated rings. The monoisotopic (exact) mass is 209 g/mol. The third-order valence-corrected chi connectivity index (χ3v) is 2.19. The highest BCUT2D eigenvalue weighted by Gasteiger charge is 2.04. The summed E-state index contributed by atoms with van der Waals surface area (Å²) < 4.78 is 7.43. The average molecular weight is 209 g/mol. The van der Waals surface area contributed by atoms with Crippen LogP contribution in [0, 0.1) is 0 Å². The van der Waals surface area contributed by atoms with Crippen LogP contribution in [0.15, 0.2) is 18.5 Å². The number of carbonyl (C=O) groups excluding carboxylic acids is 1. The number of Topliss-reactive ketones (excluding diaryl/α,β-unsaturated/α-hetero) is 1. The van der Waals surface area contributed by atoms with Crippen LogP contribution in [0.25, 0.3) is 0 Å². The molecule has 0 aromatic carbocycles. The Morgan fingerprint density at radius 3 is 2.87 bits per heavy atom. The lowest BCUT2D eigenvalue weighted by molar-refractivity contribution is 0.0727. The van der Waals surface area contributed by atoms with Crippen LogP contribution in [0.2, 0.25) is 0 Å². The molecule has 15 heavy (non-hydrogen) atoms. The van der Waals surface area contributed by atoms with Gasteiger partial charge in [0, 0.05) is 30.9 Å². The van der Waals surface area contributed by atoms with Crippen LogP contribution in [-0.2, 0) is 11.3 Å². The average Bonchev–Trinajstić information content (AvgIpc) is 2.65. The molecular weight excluding hydrogens is 190 g/mol. The lowest BCUT2D eigenvalue weighted by atomic mass is 10.2. The second-order valence-electron chi connectivity index (χ2n) is 3.83. The van der Waals surface area contributed by atoms with Crippen molar-refractivity contribution < 1.29 is 9.53 Å². The molecule has 0 bridgehead atoms. The zero-order valence-corrected chi connectivity index (χ0v) is 9.69. The summed E-state index contributed by atoms with van der Waals surface area (Å²) in [5.74, 6) is 0.193. The van der Waals surface area contributed by atoms with Crippen LogP contribution in [0.1, 0.15) is 37.6 Å². The molecule has 84 valence electrons. The number of ether oxygens (including phenoxy) is 1. The molecule has 0 aliphatic carbocycles. The number of aromatic nitrogens is 1. The second-order valence-corrected chi connectivity index (χ2v) is 3.83. The van der Waals surface area contributed by atoms with E-state index in [-0.39, 0.29) is 11.9 Å². The summed E-state index contributed by atoms with van der Waals surface area (Å²) in [7, 11) is 0. The fourth-order valence-corrected chi connectivity index (χ4v) is 1.34. The molecule has 0 atom stereocenters. The molecule has 1 heterocycles. The summed E-state index contributed by atoms with van der Waals surface area (Å²) in [6, 6.07) is 1.86. The lowest BCUT2D eigenvalue weighted by Crippen LogP contribution is -2.09. The Hall–Kier alpha value is -1.09. The summed E-state index contributed by atoms with van der Waals surface area (Å²) in [6.45, 7) is 7.40. The first-order valence-electron chi connectivity index (χ1n) is 5.44. The predicted octanol–water partition coefficient (Wildman–Crippen LogP) is 2.51. The van der Waals surface area contributed by atoms with Gasteiger partial charge < -0.3 is 9.30 Å². The van der Waals surface area contributed by atoms with Gasteiger partial charge in [-0.2, -0.15) is 0 Å². The molecule has 0 saturated carbocycles. The van der Waals surface area contributed by atoms with Crippen molar-refractivity contribution in [3.8, 4) is 0 Å². The Balaban J connectivity index is 2.43. The van der Waals surface area contributed by atoms with Crippen LogP contribution >= 0.6 is 0 Å². The molecule has 0 radical (unpaired) electrons. The molecule has 0 amide bonds. The lowest BCUT2D eigenvalue weighted by Gasteiger charge is -2.07. The SMILES string of the molecule is CCC(=O)c1ccn(CCOC(C)C)c1. The van der Waals surface area contributed by atoms with E-state index in [0.29, 0.717) is 13.0 Å². The molecule has 3 nitrogen and oxygen atoms in total. The van der Waals surface area contributed by atoms with Crippen molar-refractivity contribution in [1.29, 1.82) is 0 Å². The zero-order valence-electron chi connectivity index (χ0n) is 9.69. The number of nitrogens with zero attached hydrogens (tertiary/aromatic N) is 1. The van der Waals surface area contributed by atoms with Crippen molar-refractivity contribution in [3.05, 3.63) is 24.0 Å².